The van der Waals surface area contributed by atoms with Crippen LogP contribution in [0.1, 0.15) is 16.8 Å². The van der Waals surface area contributed by atoms with Crippen LogP contribution in [-0.2, 0) is 4.79 Å². The SMILES string of the molecule is C=CCNC(=O)CN1CCCN(C(=O)c2ccc(F)cc2)CC1. The lowest BCUT2D eigenvalue weighted by atomic mass is 10.2. The Hall–Kier alpha value is -2.21. The summed E-state index contributed by atoms with van der Waals surface area (Å²) in [6.45, 7) is 6.97. The first-order chi connectivity index (χ1) is 11.1. The van der Waals surface area contributed by atoms with Crippen molar-refractivity contribution in [2.45, 2.75) is 6.42 Å². The molecule has 0 aromatic heterocycles. The van der Waals surface area contributed by atoms with Crippen molar-refractivity contribution < 1.29 is 14.0 Å². The molecule has 0 saturated carbocycles. The van der Waals surface area contributed by atoms with Gasteiger partial charge >= 0.3 is 0 Å². The molecule has 0 radical (unpaired) electrons. The highest BCUT2D eigenvalue weighted by molar-refractivity contribution is 5.94. The zero-order valence-electron chi connectivity index (χ0n) is 13.1. The Balaban J connectivity index is 1.88. The van der Waals surface area contributed by atoms with Crippen LogP contribution >= 0.6 is 0 Å². The first kappa shape index (κ1) is 17.1. The molecule has 5 nitrogen and oxygen atoms in total. The Morgan fingerprint density at radius 3 is 2.61 bits per heavy atom. The van der Waals surface area contributed by atoms with Gasteiger partial charge in [-0.2, -0.15) is 0 Å². The quantitative estimate of drug-likeness (QED) is 0.832. The van der Waals surface area contributed by atoms with Gasteiger partial charge in [0.1, 0.15) is 5.82 Å². The number of nitrogens with zero attached hydrogens (tertiary/aromatic N) is 2. The van der Waals surface area contributed by atoms with E-state index < -0.39 is 0 Å². The summed E-state index contributed by atoms with van der Waals surface area (Å²) < 4.78 is 12.9. The van der Waals surface area contributed by atoms with E-state index in [2.05, 4.69) is 11.9 Å². The van der Waals surface area contributed by atoms with Gasteiger partial charge in [-0.15, -0.1) is 6.58 Å². The van der Waals surface area contributed by atoms with Crippen LogP contribution in [0.4, 0.5) is 4.39 Å². The summed E-state index contributed by atoms with van der Waals surface area (Å²) in [6.07, 6.45) is 2.45. The van der Waals surface area contributed by atoms with Gasteiger partial charge in [-0.05, 0) is 30.7 Å². The summed E-state index contributed by atoms with van der Waals surface area (Å²) in [5, 5.41) is 2.75. The monoisotopic (exact) mass is 319 g/mol. The van der Waals surface area contributed by atoms with Gasteiger partial charge in [0.2, 0.25) is 5.91 Å². The summed E-state index contributed by atoms with van der Waals surface area (Å²) in [5.41, 5.74) is 0.489. The lowest BCUT2D eigenvalue weighted by molar-refractivity contribution is -0.122. The molecule has 23 heavy (non-hydrogen) atoms. The molecule has 1 N–H and O–H groups in total. The maximum atomic E-state index is 12.9. The van der Waals surface area contributed by atoms with E-state index in [0.717, 1.165) is 13.0 Å². The number of carbonyl (C=O) groups excluding carboxylic acids is 2. The largest absolute Gasteiger partial charge is 0.352 e. The first-order valence-corrected chi connectivity index (χ1v) is 7.75. The number of carbonyl (C=O) groups is 2. The molecule has 0 unspecified atom stereocenters. The average molecular weight is 319 g/mol. The van der Waals surface area contributed by atoms with E-state index in [4.69, 9.17) is 0 Å². The molecular formula is C17H22FN3O2. The topological polar surface area (TPSA) is 52.7 Å². The molecule has 0 aliphatic carbocycles. The minimum atomic E-state index is -0.353. The Labute approximate surface area is 135 Å². The van der Waals surface area contributed by atoms with Gasteiger partial charge < -0.3 is 10.2 Å². The van der Waals surface area contributed by atoms with E-state index in [-0.39, 0.29) is 17.6 Å². The standard InChI is InChI=1S/C17H22FN3O2/c1-2-8-19-16(22)13-20-9-3-10-21(12-11-20)17(23)14-4-6-15(18)7-5-14/h2,4-7H,1,3,8-13H2,(H,19,22). The predicted molar refractivity (Wildman–Crippen MR) is 86.6 cm³/mol. The summed E-state index contributed by atoms with van der Waals surface area (Å²) in [4.78, 5) is 28.0. The Bertz CT molecular complexity index is 559. The molecule has 2 rings (SSSR count). The van der Waals surface area contributed by atoms with Gasteiger partial charge in [-0.3, -0.25) is 14.5 Å². The summed E-state index contributed by atoms with van der Waals surface area (Å²) in [6, 6.07) is 5.59. The van der Waals surface area contributed by atoms with Crippen LogP contribution in [-0.4, -0.2) is 60.9 Å². The maximum absolute atomic E-state index is 12.9. The van der Waals surface area contributed by atoms with Crippen molar-refractivity contribution in [1.82, 2.24) is 15.1 Å². The van der Waals surface area contributed by atoms with Gasteiger partial charge in [0.05, 0.1) is 6.54 Å². The summed E-state index contributed by atoms with van der Waals surface area (Å²) >= 11 is 0. The van der Waals surface area contributed by atoms with Crippen LogP contribution in [0.15, 0.2) is 36.9 Å². The van der Waals surface area contributed by atoms with Crippen molar-refractivity contribution in [3.8, 4) is 0 Å². The number of halogens is 1. The third kappa shape index (κ3) is 5.17. The highest BCUT2D eigenvalue weighted by Crippen LogP contribution is 2.10. The van der Waals surface area contributed by atoms with E-state index in [1.807, 2.05) is 4.90 Å². The fourth-order valence-corrected chi connectivity index (χ4v) is 2.55. The molecule has 1 aromatic carbocycles. The van der Waals surface area contributed by atoms with Crippen LogP contribution < -0.4 is 5.32 Å². The highest BCUT2D eigenvalue weighted by atomic mass is 19.1. The van der Waals surface area contributed by atoms with Gasteiger partial charge in [0, 0.05) is 38.3 Å². The van der Waals surface area contributed by atoms with E-state index in [1.165, 1.54) is 24.3 Å². The number of nitrogens with one attached hydrogen (secondary N) is 1. The van der Waals surface area contributed by atoms with Crippen molar-refractivity contribution >= 4 is 11.8 Å². The molecule has 1 saturated heterocycles. The van der Waals surface area contributed by atoms with E-state index in [0.29, 0.717) is 38.3 Å². The van der Waals surface area contributed by atoms with Crippen LogP contribution in [0, 0.1) is 5.82 Å². The van der Waals surface area contributed by atoms with Crippen LogP contribution in [0.25, 0.3) is 0 Å². The predicted octanol–water partition coefficient (Wildman–Crippen LogP) is 1.28. The molecule has 0 atom stereocenters. The van der Waals surface area contributed by atoms with Crippen LogP contribution in [0.3, 0.4) is 0 Å². The van der Waals surface area contributed by atoms with Crippen molar-refractivity contribution in [3.05, 3.63) is 48.3 Å². The molecule has 0 bridgehead atoms. The third-order valence-electron chi connectivity index (χ3n) is 3.78. The van der Waals surface area contributed by atoms with Crippen LogP contribution in [0.2, 0.25) is 0 Å². The van der Waals surface area contributed by atoms with E-state index >= 15 is 0 Å². The van der Waals surface area contributed by atoms with E-state index in [1.54, 1.807) is 11.0 Å². The van der Waals surface area contributed by atoms with Gasteiger partial charge in [-0.1, -0.05) is 6.08 Å². The smallest absolute Gasteiger partial charge is 0.253 e. The molecule has 124 valence electrons. The molecule has 0 spiro atoms. The molecule has 1 aliphatic heterocycles. The number of amides is 2. The number of hydrogen-bond acceptors (Lipinski definition) is 3. The molecule has 6 heteroatoms. The Morgan fingerprint density at radius 2 is 1.91 bits per heavy atom. The highest BCUT2D eigenvalue weighted by Gasteiger charge is 2.21. The lowest BCUT2D eigenvalue weighted by Gasteiger charge is -2.21. The lowest BCUT2D eigenvalue weighted by Crippen LogP contribution is -2.40. The fraction of sp³-hybridized carbons (Fsp3) is 0.412. The van der Waals surface area contributed by atoms with Crippen LogP contribution in [0.5, 0.6) is 0 Å². The summed E-state index contributed by atoms with van der Waals surface area (Å²) in [7, 11) is 0. The number of benzene rings is 1. The molecule has 1 heterocycles. The fourth-order valence-electron chi connectivity index (χ4n) is 2.55. The molecular weight excluding hydrogens is 297 g/mol. The van der Waals surface area contributed by atoms with E-state index in [9.17, 15) is 14.0 Å². The third-order valence-corrected chi connectivity index (χ3v) is 3.78. The zero-order valence-corrected chi connectivity index (χ0v) is 13.1. The number of hydrogen-bond donors (Lipinski definition) is 1. The number of rotatable bonds is 5. The van der Waals surface area contributed by atoms with Gasteiger partial charge in [0.15, 0.2) is 0 Å². The summed E-state index contributed by atoms with van der Waals surface area (Å²) in [5.74, 6) is -0.486. The Kier molecular flexibility index (Phi) is 6.29. The molecule has 2 amide bonds. The van der Waals surface area contributed by atoms with Crippen molar-refractivity contribution in [2.24, 2.45) is 0 Å². The molecule has 1 aromatic rings. The minimum Gasteiger partial charge on any atom is -0.352 e. The maximum Gasteiger partial charge on any atom is 0.253 e. The zero-order chi connectivity index (χ0) is 16.7. The second kappa shape index (κ2) is 8.43. The molecule has 1 aliphatic rings. The molecule has 1 fully saturated rings. The van der Waals surface area contributed by atoms with Crippen molar-refractivity contribution in [1.29, 1.82) is 0 Å². The van der Waals surface area contributed by atoms with Crippen molar-refractivity contribution in [2.75, 3.05) is 39.3 Å². The van der Waals surface area contributed by atoms with Gasteiger partial charge in [0.25, 0.3) is 5.91 Å². The van der Waals surface area contributed by atoms with Crippen molar-refractivity contribution in [3.63, 3.8) is 0 Å². The second-order valence-electron chi connectivity index (χ2n) is 5.52. The first-order valence-electron chi connectivity index (χ1n) is 7.75. The van der Waals surface area contributed by atoms with Gasteiger partial charge in [-0.25, -0.2) is 4.39 Å². The normalized spacial score (nSPS) is 15.8. The second-order valence-corrected chi connectivity index (χ2v) is 5.52. The average Bonchev–Trinajstić information content (AvgIpc) is 2.78. The minimum absolute atomic E-state index is 0.0387. The Morgan fingerprint density at radius 1 is 1.17 bits per heavy atom.